The van der Waals surface area contributed by atoms with E-state index in [0.29, 0.717) is 19.2 Å². The third-order valence-corrected chi connectivity index (χ3v) is 3.41. The van der Waals surface area contributed by atoms with Gasteiger partial charge in [-0.15, -0.1) is 0 Å². The van der Waals surface area contributed by atoms with Crippen molar-refractivity contribution in [1.29, 1.82) is 0 Å². The molecule has 0 amide bonds. The average Bonchev–Trinajstić information content (AvgIpc) is 2.41. The minimum atomic E-state index is -1.46. The number of carbonyl (C=O) groups is 1. The van der Waals surface area contributed by atoms with Crippen LogP contribution in [-0.4, -0.2) is 41.3 Å². The van der Waals surface area contributed by atoms with Crippen molar-refractivity contribution in [2.45, 2.75) is 26.0 Å². The molecule has 8 heteroatoms. The van der Waals surface area contributed by atoms with Crippen LogP contribution in [0.15, 0.2) is 12.1 Å². The summed E-state index contributed by atoms with van der Waals surface area (Å²) in [5.74, 6) is -2.27. The second-order valence-corrected chi connectivity index (χ2v) is 5.03. The molecule has 1 N–H and O–H groups in total. The summed E-state index contributed by atoms with van der Waals surface area (Å²) in [4.78, 5) is 22.7. The van der Waals surface area contributed by atoms with Gasteiger partial charge in [-0.2, -0.15) is 0 Å². The van der Waals surface area contributed by atoms with Crippen LogP contribution in [0.2, 0.25) is 0 Å². The molecule has 1 aromatic carbocycles. The standard InChI is InChI=1S/C13H15FN2O5/c1-7-6-21-8(2)5-15(7)12-3-9(13(17)18)11(16(19)20)4-10(12)14/h3-4,7-8H,5-6H2,1-2H3,(H,17,18). The number of carboxylic acid groups (broad SMARTS) is 1. The van der Waals surface area contributed by atoms with Gasteiger partial charge < -0.3 is 14.7 Å². The minimum absolute atomic E-state index is 0.0423. The summed E-state index contributed by atoms with van der Waals surface area (Å²) in [7, 11) is 0. The van der Waals surface area contributed by atoms with Crippen molar-refractivity contribution in [2.75, 3.05) is 18.1 Å². The van der Waals surface area contributed by atoms with Crippen LogP contribution in [0.4, 0.5) is 15.8 Å². The molecule has 1 aromatic rings. The second kappa shape index (κ2) is 5.65. The second-order valence-electron chi connectivity index (χ2n) is 5.03. The molecule has 1 aliphatic rings. The van der Waals surface area contributed by atoms with Crippen molar-refractivity contribution in [3.8, 4) is 0 Å². The van der Waals surface area contributed by atoms with Crippen LogP contribution in [0.3, 0.4) is 0 Å². The van der Waals surface area contributed by atoms with E-state index in [2.05, 4.69) is 0 Å². The van der Waals surface area contributed by atoms with Crippen LogP contribution in [0.25, 0.3) is 0 Å². The first-order chi connectivity index (χ1) is 9.81. The fourth-order valence-electron chi connectivity index (χ4n) is 2.33. The van der Waals surface area contributed by atoms with Crippen LogP contribution in [0.5, 0.6) is 0 Å². The van der Waals surface area contributed by atoms with Crippen LogP contribution in [0, 0.1) is 15.9 Å². The van der Waals surface area contributed by atoms with Crippen molar-refractivity contribution in [3.63, 3.8) is 0 Å². The Balaban J connectivity index is 2.51. The van der Waals surface area contributed by atoms with Crippen LogP contribution >= 0.6 is 0 Å². The number of halogens is 1. The molecule has 0 bridgehead atoms. The highest BCUT2D eigenvalue weighted by molar-refractivity contribution is 5.93. The molecule has 1 fully saturated rings. The maximum Gasteiger partial charge on any atom is 0.342 e. The normalized spacial score (nSPS) is 22.1. The van der Waals surface area contributed by atoms with Gasteiger partial charge in [-0.25, -0.2) is 9.18 Å². The number of benzene rings is 1. The predicted octanol–water partition coefficient (Wildman–Crippen LogP) is 2.05. The number of morpholine rings is 1. The number of nitrogens with zero attached hydrogens (tertiary/aromatic N) is 2. The van der Waals surface area contributed by atoms with E-state index >= 15 is 0 Å². The summed E-state index contributed by atoms with van der Waals surface area (Å²) in [5.41, 5.74) is -1.24. The van der Waals surface area contributed by atoms with Crippen molar-refractivity contribution < 1.29 is 24.0 Å². The van der Waals surface area contributed by atoms with Gasteiger partial charge in [0.05, 0.1) is 29.4 Å². The maximum absolute atomic E-state index is 14.2. The third-order valence-electron chi connectivity index (χ3n) is 3.41. The van der Waals surface area contributed by atoms with E-state index in [1.807, 2.05) is 13.8 Å². The van der Waals surface area contributed by atoms with Crippen molar-refractivity contribution in [1.82, 2.24) is 0 Å². The van der Waals surface area contributed by atoms with Gasteiger partial charge in [-0.3, -0.25) is 10.1 Å². The fourth-order valence-corrected chi connectivity index (χ4v) is 2.33. The summed E-state index contributed by atoms with van der Waals surface area (Å²) in [6.07, 6.45) is -0.135. The molecule has 2 atom stereocenters. The summed E-state index contributed by atoms with van der Waals surface area (Å²) in [6.45, 7) is 4.39. The molecule has 2 unspecified atom stereocenters. The summed E-state index contributed by atoms with van der Waals surface area (Å²) in [6, 6.07) is 1.52. The molecular formula is C13H15FN2O5. The molecule has 0 aromatic heterocycles. The molecule has 1 heterocycles. The molecule has 0 aliphatic carbocycles. The Morgan fingerprint density at radius 3 is 2.76 bits per heavy atom. The zero-order valence-electron chi connectivity index (χ0n) is 11.6. The number of nitro groups is 1. The number of aromatic carboxylic acids is 1. The molecule has 114 valence electrons. The molecule has 0 saturated carbocycles. The molecule has 1 aliphatic heterocycles. The quantitative estimate of drug-likeness (QED) is 0.678. The first kappa shape index (κ1) is 15.2. The molecule has 7 nitrogen and oxygen atoms in total. The number of rotatable bonds is 3. The Labute approximate surface area is 120 Å². The number of carboxylic acids is 1. The predicted molar refractivity (Wildman–Crippen MR) is 72.2 cm³/mol. The van der Waals surface area contributed by atoms with Gasteiger partial charge in [0.1, 0.15) is 5.56 Å². The van der Waals surface area contributed by atoms with E-state index < -0.39 is 28.0 Å². The first-order valence-electron chi connectivity index (χ1n) is 6.40. The van der Waals surface area contributed by atoms with Gasteiger partial charge in [0.15, 0.2) is 5.82 Å². The summed E-state index contributed by atoms with van der Waals surface area (Å²) >= 11 is 0. The van der Waals surface area contributed by atoms with Crippen molar-refractivity contribution in [3.05, 3.63) is 33.6 Å². The molecule has 21 heavy (non-hydrogen) atoms. The van der Waals surface area contributed by atoms with Gasteiger partial charge in [-0.05, 0) is 19.9 Å². The Hall–Kier alpha value is -2.22. The highest BCUT2D eigenvalue weighted by Gasteiger charge is 2.30. The van der Waals surface area contributed by atoms with Crippen LogP contribution in [0.1, 0.15) is 24.2 Å². The number of ether oxygens (including phenoxy) is 1. The molecule has 1 saturated heterocycles. The topological polar surface area (TPSA) is 92.9 Å². The molecule has 0 spiro atoms. The van der Waals surface area contributed by atoms with E-state index in [-0.39, 0.29) is 17.8 Å². The lowest BCUT2D eigenvalue weighted by atomic mass is 10.1. The third kappa shape index (κ3) is 2.94. The van der Waals surface area contributed by atoms with Gasteiger partial charge in [0.25, 0.3) is 5.69 Å². The smallest absolute Gasteiger partial charge is 0.342 e. The van der Waals surface area contributed by atoms with Gasteiger partial charge in [-0.1, -0.05) is 0 Å². The SMILES string of the molecule is CC1CN(c2cc(C(=O)O)c([N+](=O)[O-])cc2F)C(C)CO1. The molecular weight excluding hydrogens is 283 g/mol. The highest BCUT2D eigenvalue weighted by atomic mass is 19.1. The zero-order chi connectivity index (χ0) is 15.7. The lowest BCUT2D eigenvalue weighted by Gasteiger charge is -2.38. The lowest BCUT2D eigenvalue weighted by Crippen LogP contribution is -2.47. The molecule has 2 rings (SSSR count). The maximum atomic E-state index is 14.2. The summed E-state index contributed by atoms with van der Waals surface area (Å²) in [5, 5.41) is 19.9. The van der Waals surface area contributed by atoms with Crippen LogP contribution in [-0.2, 0) is 4.74 Å². The van der Waals surface area contributed by atoms with Crippen molar-refractivity contribution >= 4 is 17.3 Å². The van der Waals surface area contributed by atoms with Crippen LogP contribution < -0.4 is 4.90 Å². The Morgan fingerprint density at radius 2 is 2.19 bits per heavy atom. The number of anilines is 1. The molecule has 0 radical (unpaired) electrons. The summed E-state index contributed by atoms with van der Waals surface area (Å²) < 4.78 is 19.6. The van der Waals surface area contributed by atoms with E-state index in [4.69, 9.17) is 9.84 Å². The van der Waals surface area contributed by atoms with Crippen molar-refractivity contribution in [2.24, 2.45) is 0 Å². The number of hydrogen-bond donors (Lipinski definition) is 1. The average molecular weight is 298 g/mol. The Bertz CT molecular complexity index is 592. The van der Waals surface area contributed by atoms with E-state index in [1.165, 1.54) is 0 Å². The van der Waals surface area contributed by atoms with E-state index in [0.717, 1.165) is 6.07 Å². The van der Waals surface area contributed by atoms with E-state index in [9.17, 15) is 19.3 Å². The highest BCUT2D eigenvalue weighted by Crippen LogP contribution is 2.31. The monoisotopic (exact) mass is 298 g/mol. The number of nitro benzene ring substituents is 1. The lowest BCUT2D eigenvalue weighted by molar-refractivity contribution is -0.385. The fraction of sp³-hybridized carbons (Fsp3) is 0.462. The largest absolute Gasteiger partial charge is 0.477 e. The number of hydrogen-bond acceptors (Lipinski definition) is 5. The first-order valence-corrected chi connectivity index (χ1v) is 6.40. The van der Waals surface area contributed by atoms with Gasteiger partial charge in [0.2, 0.25) is 0 Å². The van der Waals surface area contributed by atoms with Gasteiger partial charge in [0, 0.05) is 12.6 Å². The Morgan fingerprint density at radius 1 is 1.52 bits per heavy atom. The minimum Gasteiger partial charge on any atom is -0.477 e. The van der Waals surface area contributed by atoms with E-state index in [1.54, 1.807) is 4.90 Å². The van der Waals surface area contributed by atoms with Gasteiger partial charge >= 0.3 is 5.97 Å². The zero-order valence-corrected chi connectivity index (χ0v) is 11.6. The Kier molecular flexibility index (Phi) is 4.08.